The van der Waals surface area contributed by atoms with E-state index in [0.717, 1.165) is 43.2 Å². The van der Waals surface area contributed by atoms with Gasteiger partial charge in [0.1, 0.15) is 5.01 Å². The van der Waals surface area contributed by atoms with E-state index in [2.05, 4.69) is 33.4 Å². The fourth-order valence-corrected chi connectivity index (χ4v) is 3.61. The van der Waals surface area contributed by atoms with Crippen LogP contribution in [0, 0.1) is 0 Å². The monoisotopic (exact) mass is 304 g/mol. The molecule has 0 aliphatic carbocycles. The number of rotatable bonds is 4. The zero-order chi connectivity index (χ0) is 14.7. The quantitative estimate of drug-likeness (QED) is 0.921. The maximum Gasteiger partial charge on any atom is 0.236 e. The van der Waals surface area contributed by atoms with Crippen molar-refractivity contribution >= 4 is 27.5 Å². The summed E-state index contributed by atoms with van der Waals surface area (Å²) >= 11 is 1.76. The molecule has 1 amide bonds. The molecule has 1 aliphatic heterocycles. The number of para-hydroxylation sites is 1. The Bertz CT molecular complexity index is 586. The molecule has 0 atom stereocenters. The number of nitrogens with zero attached hydrogens (tertiary/aromatic N) is 3. The minimum Gasteiger partial charge on any atom is -0.339 e. The highest BCUT2D eigenvalue weighted by Gasteiger charge is 2.21. The number of fused-ring (bicyclic) bond motifs is 1. The van der Waals surface area contributed by atoms with Gasteiger partial charge in [-0.2, -0.15) is 0 Å². The third-order valence-electron chi connectivity index (χ3n) is 3.75. The number of hydrogen-bond acceptors (Lipinski definition) is 5. The van der Waals surface area contributed by atoms with E-state index in [1.807, 2.05) is 11.0 Å². The predicted octanol–water partition coefficient (Wildman–Crippen LogP) is 1.16. The van der Waals surface area contributed by atoms with Gasteiger partial charge < -0.3 is 10.2 Å². The molecule has 0 bridgehead atoms. The number of likely N-dealkylation sites (N-methyl/N-ethyl adjacent to an activating group) is 1. The number of piperazine rings is 1. The number of benzene rings is 1. The molecule has 2 heterocycles. The number of amides is 1. The van der Waals surface area contributed by atoms with Gasteiger partial charge in [-0.05, 0) is 19.2 Å². The highest BCUT2D eigenvalue weighted by molar-refractivity contribution is 7.18. The van der Waals surface area contributed by atoms with Gasteiger partial charge in [0.05, 0.1) is 23.3 Å². The van der Waals surface area contributed by atoms with Crippen molar-refractivity contribution in [1.82, 2.24) is 20.1 Å². The lowest BCUT2D eigenvalue weighted by atomic mass is 10.3. The molecule has 3 rings (SSSR count). The summed E-state index contributed by atoms with van der Waals surface area (Å²) in [5.74, 6) is 0.192. The summed E-state index contributed by atoms with van der Waals surface area (Å²) in [6.45, 7) is 4.78. The molecule has 112 valence electrons. The van der Waals surface area contributed by atoms with Crippen molar-refractivity contribution in [3.63, 3.8) is 0 Å². The van der Waals surface area contributed by atoms with Gasteiger partial charge in [0.2, 0.25) is 5.91 Å². The third kappa shape index (κ3) is 3.40. The lowest BCUT2D eigenvalue weighted by Gasteiger charge is -2.34. The van der Waals surface area contributed by atoms with Gasteiger partial charge in [-0.1, -0.05) is 12.1 Å². The van der Waals surface area contributed by atoms with Crippen molar-refractivity contribution in [2.45, 2.75) is 6.54 Å². The van der Waals surface area contributed by atoms with Crippen molar-refractivity contribution in [2.24, 2.45) is 0 Å². The number of thiazole rings is 1. The number of carbonyl (C=O) groups excluding carboxylic acids is 1. The number of carbonyl (C=O) groups is 1. The largest absolute Gasteiger partial charge is 0.339 e. The van der Waals surface area contributed by atoms with Crippen molar-refractivity contribution in [1.29, 1.82) is 0 Å². The van der Waals surface area contributed by atoms with Gasteiger partial charge in [-0.3, -0.25) is 9.69 Å². The summed E-state index contributed by atoms with van der Waals surface area (Å²) in [4.78, 5) is 20.8. The van der Waals surface area contributed by atoms with Gasteiger partial charge in [-0.15, -0.1) is 11.3 Å². The molecule has 0 radical (unpaired) electrons. The Labute approximate surface area is 128 Å². The molecular weight excluding hydrogens is 284 g/mol. The molecule has 6 heteroatoms. The Morgan fingerprint density at radius 3 is 2.76 bits per heavy atom. The summed E-state index contributed by atoms with van der Waals surface area (Å²) < 4.78 is 1.25. The normalized spacial score (nSPS) is 16.5. The Kier molecular flexibility index (Phi) is 4.48. The van der Waals surface area contributed by atoms with Crippen LogP contribution in [0.25, 0.3) is 10.2 Å². The van der Waals surface area contributed by atoms with Crippen LogP contribution in [-0.2, 0) is 11.3 Å². The van der Waals surface area contributed by atoms with E-state index in [9.17, 15) is 4.79 Å². The highest BCUT2D eigenvalue weighted by atomic mass is 32.1. The smallest absolute Gasteiger partial charge is 0.236 e. The molecule has 1 aliphatic rings. The minimum atomic E-state index is 0.192. The SMILES string of the molecule is CNCC(=O)N1CCN(Cc2nc3ccccc3s2)CC1. The first-order valence-corrected chi connectivity index (χ1v) is 8.07. The molecule has 0 saturated carbocycles. The Morgan fingerprint density at radius 1 is 1.29 bits per heavy atom. The molecule has 0 spiro atoms. The van der Waals surface area contributed by atoms with Crippen LogP contribution in [0.3, 0.4) is 0 Å². The average molecular weight is 304 g/mol. The van der Waals surface area contributed by atoms with Crippen molar-refractivity contribution in [2.75, 3.05) is 39.8 Å². The standard InChI is InChI=1S/C15H20N4OS/c1-16-10-15(20)19-8-6-18(7-9-19)11-14-17-12-4-2-3-5-13(12)21-14/h2-5,16H,6-11H2,1H3. The maximum absolute atomic E-state index is 11.8. The number of aromatic nitrogens is 1. The van der Waals surface area contributed by atoms with E-state index >= 15 is 0 Å². The van der Waals surface area contributed by atoms with E-state index < -0.39 is 0 Å². The summed E-state index contributed by atoms with van der Waals surface area (Å²) in [7, 11) is 1.81. The fraction of sp³-hybridized carbons (Fsp3) is 0.467. The highest BCUT2D eigenvalue weighted by Crippen LogP contribution is 2.22. The summed E-state index contributed by atoms with van der Waals surface area (Å²) in [5, 5.41) is 4.08. The van der Waals surface area contributed by atoms with Gasteiger partial charge in [-0.25, -0.2) is 4.98 Å². The molecule has 0 unspecified atom stereocenters. The van der Waals surface area contributed by atoms with Crippen molar-refractivity contribution < 1.29 is 4.79 Å². The lowest BCUT2D eigenvalue weighted by Crippen LogP contribution is -2.50. The van der Waals surface area contributed by atoms with Crippen LogP contribution in [0.4, 0.5) is 0 Å². The summed E-state index contributed by atoms with van der Waals surface area (Å²) in [5.41, 5.74) is 1.08. The van der Waals surface area contributed by atoms with E-state index in [1.165, 1.54) is 4.70 Å². The molecule has 1 N–H and O–H groups in total. The first-order valence-electron chi connectivity index (χ1n) is 7.25. The van der Waals surface area contributed by atoms with Crippen LogP contribution in [0.15, 0.2) is 24.3 Å². The second kappa shape index (κ2) is 6.51. The molecule has 21 heavy (non-hydrogen) atoms. The second-order valence-electron chi connectivity index (χ2n) is 5.26. The lowest BCUT2D eigenvalue weighted by molar-refractivity contribution is -0.131. The Morgan fingerprint density at radius 2 is 2.05 bits per heavy atom. The minimum absolute atomic E-state index is 0.192. The van der Waals surface area contributed by atoms with Crippen molar-refractivity contribution in [3.8, 4) is 0 Å². The Hall–Kier alpha value is -1.50. The van der Waals surface area contributed by atoms with Gasteiger partial charge in [0, 0.05) is 26.2 Å². The third-order valence-corrected chi connectivity index (χ3v) is 4.77. The Balaban J connectivity index is 1.56. The number of hydrogen-bond donors (Lipinski definition) is 1. The van der Waals surface area contributed by atoms with E-state index in [1.54, 1.807) is 18.4 Å². The van der Waals surface area contributed by atoms with Crippen LogP contribution >= 0.6 is 11.3 Å². The average Bonchev–Trinajstić information content (AvgIpc) is 2.90. The van der Waals surface area contributed by atoms with Crippen LogP contribution in [0.1, 0.15) is 5.01 Å². The molecule has 1 aromatic carbocycles. The summed E-state index contributed by atoms with van der Waals surface area (Å²) in [6, 6.07) is 8.25. The van der Waals surface area contributed by atoms with Crippen LogP contribution < -0.4 is 5.32 Å². The fourth-order valence-electron chi connectivity index (χ4n) is 2.60. The molecular formula is C15H20N4OS. The second-order valence-corrected chi connectivity index (χ2v) is 6.38. The molecule has 1 fully saturated rings. The maximum atomic E-state index is 11.8. The zero-order valence-electron chi connectivity index (χ0n) is 12.2. The van der Waals surface area contributed by atoms with Gasteiger partial charge in [0.25, 0.3) is 0 Å². The predicted molar refractivity (Wildman–Crippen MR) is 85.4 cm³/mol. The van der Waals surface area contributed by atoms with Crippen LogP contribution in [0.5, 0.6) is 0 Å². The van der Waals surface area contributed by atoms with E-state index in [0.29, 0.717) is 6.54 Å². The zero-order valence-corrected chi connectivity index (χ0v) is 13.0. The number of nitrogens with one attached hydrogen (secondary N) is 1. The first kappa shape index (κ1) is 14.4. The molecule has 1 aromatic heterocycles. The topological polar surface area (TPSA) is 48.5 Å². The first-order chi connectivity index (χ1) is 10.3. The van der Waals surface area contributed by atoms with Gasteiger partial charge in [0.15, 0.2) is 0 Å². The van der Waals surface area contributed by atoms with E-state index in [-0.39, 0.29) is 5.91 Å². The van der Waals surface area contributed by atoms with Crippen molar-refractivity contribution in [3.05, 3.63) is 29.3 Å². The summed E-state index contributed by atoms with van der Waals surface area (Å²) in [6.07, 6.45) is 0. The van der Waals surface area contributed by atoms with E-state index in [4.69, 9.17) is 0 Å². The van der Waals surface area contributed by atoms with Crippen LogP contribution in [0.2, 0.25) is 0 Å². The van der Waals surface area contributed by atoms with Gasteiger partial charge >= 0.3 is 0 Å². The molecule has 5 nitrogen and oxygen atoms in total. The molecule has 2 aromatic rings. The molecule has 1 saturated heterocycles. The van der Waals surface area contributed by atoms with Crippen LogP contribution in [-0.4, -0.2) is 60.5 Å².